The Bertz CT molecular complexity index is 1130. The van der Waals surface area contributed by atoms with Gasteiger partial charge in [0, 0.05) is 37.6 Å². The Hall–Kier alpha value is -2.81. The van der Waals surface area contributed by atoms with Crippen molar-refractivity contribution in [1.82, 2.24) is 24.9 Å². The second kappa shape index (κ2) is 8.14. The summed E-state index contributed by atoms with van der Waals surface area (Å²) in [6.45, 7) is 1.92. The van der Waals surface area contributed by atoms with Gasteiger partial charge in [0.15, 0.2) is 0 Å². The summed E-state index contributed by atoms with van der Waals surface area (Å²) >= 11 is 1.44. The van der Waals surface area contributed by atoms with Crippen molar-refractivity contribution in [2.45, 2.75) is 45.1 Å². The molecule has 3 aromatic heterocycles. The first-order valence-electron chi connectivity index (χ1n) is 10.5. The highest BCUT2D eigenvalue weighted by molar-refractivity contribution is 7.20. The Kier molecular flexibility index (Phi) is 5.20. The Labute approximate surface area is 178 Å². The molecule has 0 aromatic carbocycles. The number of nitrogens with one attached hydrogen (secondary N) is 1. The molecule has 30 heavy (non-hydrogen) atoms. The standard InChI is InChI=1S/C21H24N6O2S/c28-18(23-12-14-5-3-9-22-11-14)15-6-4-10-26(13-15)21-25-27-19(29)16-7-1-2-8-17(16)24-20(27)30-21/h3,5,9,11,15H,1-2,4,6-8,10,12-13H2,(H,23,28). The normalized spacial score (nSPS) is 18.9. The van der Waals surface area contributed by atoms with E-state index < -0.39 is 0 Å². The number of aromatic nitrogens is 4. The second-order valence-electron chi connectivity index (χ2n) is 7.99. The Balaban J connectivity index is 1.32. The summed E-state index contributed by atoms with van der Waals surface area (Å²) in [6, 6.07) is 3.82. The van der Waals surface area contributed by atoms with Crippen molar-refractivity contribution >= 4 is 27.3 Å². The fourth-order valence-corrected chi connectivity index (χ4v) is 5.24. The molecule has 0 saturated carbocycles. The van der Waals surface area contributed by atoms with Gasteiger partial charge in [-0.15, -0.1) is 5.10 Å². The van der Waals surface area contributed by atoms with Crippen molar-refractivity contribution in [1.29, 1.82) is 0 Å². The van der Waals surface area contributed by atoms with Crippen LogP contribution in [0.1, 0.15) is 42.5 Å². The minimum absolute atomic E-state index is 0.0278. The van der Waals surface area contributed by atoms with Crippen LogP contribution in [0.2, 0.25) is 0 Å². The predicted octanol–water partition coefficient (Wildman–Crippen LogP) is 1.96. The molecule has 0 spiro atoms. The molecule has 8 nitrogen and oxygen atoms in total. The number of anilines is 1. The average Bonchev–Trinajstić information content (AvgIpc) is 3.23. The number of piperidine rings is 1. The Morgan fingerprint density at radius 2 is 2.17 bits per heavy atom. The summed E-state index contributed by atoms with van der Waals surface area (Å²) in [5.74, 6) is -0.0456. The van der Waals surface area contributed by atoms with Crippen LogP contribution >= 0.6 is 11.3 Å². The number of pyridine rings is 1. The molecule has 1 aliphatic carbocycles. The zero-order chi connectivity index (χ0) is 20.5. The fourth-order valence-electron chi connectivity index (χ4n) is 4.29. The van der Waals surface area contributed by atoms with Crippen LogP contribution in [-0.4, -0.2) is 38.6 Å². The van der Waals surface area contributed by atoms with Crippen LogP contribution in [0, 0.1) is 5.92 Å². The van der Waals surface area contributed by atoms with Crippen molar-refractivity contribution in [3.05, 3.63) is 51.7 Å². The van der Waals surface area contributed by atoms with E-state index in [0.717, 1.165) is 67.0 Å². The molecule has 1 saturated heterocycles. The quantitative estimate of drug-likeness (QED) is 0.688. The maximum absolute atomic E-state index is 12.8. The van der Waals surface area contributed by atoms with Crippen LogP contribution < -0.4 is 15.8 Å². The van der Waals surface area contributed by atoms with Gasteiger partial charge in [-0.05, 0) is 50.2 Å². The summed E-state index contributed by atoms with van der Waals surface area (Å²) < 4.78 is 1.45. The molecule has 0 radical (unpaired) electrons. The molecule has 1 unspecified atom stereocenters. The van der Waals surface area contributed by atoms with Gasteiger partial charge in [-0.1, -0.05) is 17.4 Å². The van der Waals surface area contributed by atoms with Gasteiger partial charge in [-0.25, -0.2) is 4.98 Å². The van der Waals surface area contributed by atoms with E-state index in [-0.39, 0.29) is 17.4 Å². The third-order valence-corrected chi connectivity index (χ3v) is 6.89. The first-order chi connectivity index (χ1) is 14.7. The summed E-state index contributed by atoms with van der Waals surface area (Å²) in [4.78, 5) is 37.1. The first kappa shape index (κ1) is 19.2. The third-order valence-electron chi connectivity index (χ3n) is 5.92. The van der Waals surface area contributed by atoms with Gasteiger partial charge in [0.1, 0.15) is 0 Å². The molecule has 2 aliphatic rings. The first-order valence-corrected chi connectivity index (χ1v) is 11.3. The van der Waals surface area contributed by atoms with E-state index in [1.165, 1.54) is 15.9 Å². The molecule has 1 amide bonds. The third kappa shape index (κ3) is 3.69. The second-order valence-corrected chi connectivity index (χ2v) is 8.93. The van der Waals surface area contributed by atoms with Crippen molar-refractivity contribution in [3.8, 4) is 0 Å². The van der Waals surface area contributed by atoms with Gasteiger partial charge in [-0.3, -0.25) is 14.6 Å². The maximum Gasteiger partial charge on any atom is 0.278 e. The van der Waals surface area contributed by atoms with Crippen molar-refractivity contribution in [3.63, 3.8) is 0 Å². The van der Waals surface area contributed by atoms with E-state index in [2.05, 4.69) is 20.3 Å². The van der Waals surface area contributed by atoms with Gasteiger partial charge in [0.2, 0.25) is 16.0 Å². The number of rotatable bonds is 4. The largest absolute Gasteiger partial charge is 0.352 e. The van der Waals surface area contributed by atoms with Crippen LogP contribution in [0.25, 0.3) is 4.96 Å². The van der Waals surface area contributed by atoms with Gasteiger partial charge < -0.3 is 10.2 Å². The predicted molar refractivity (Wildman–Crippen MR) is 115 cm³/mol. The molecule has 1 N–H and O–H groups in total. The van der Waals surface area contributed by atoms with Crippen LogP contribution in [0.5, 0.6) is 0 Å². The lowest BCUT2D eigenvalue weighted by Crippen LogP contribution is -2.43. The summed E-state index contributed by atoms with van der Waals surface area (Å²) in [5.41, 5.74) is 2.72. The number of amides is 1. The van der Waals surface area contributed by atoms with Gasteiger partial charge in [-0.2, -0.15) is 4.52 Å². The lowest BCUT2D eigenvalue weighted by molar-refractivity contribution is -0.125. The molecular formula is C21H24N6O2S. The molecule has 4 heterocycles. The molecule has 1 atom stereocenters. The number of carbonyl (C=O) groups is 1. The van der Waals surface area contributed by atoms with E-state index in [1.807, 2.05) is 12.1 Å². The number of hydrogen-bond donors (Lipinski definition) is 1. The zero-order valence-electron chi connectivity index (χ0n) is 16.7. The topological polar surface area (TPSA) is 92.5 Å². The Morgan fingerprint density at radius 1 is 1.27 bits per heavy atom. The number of nitrogens with zero attached hydrogens (tertiary/aromatic N) is 5. The number of carbonyl (C=O) groups excluding carboxylic acids is 1. The smallest absolute Gasteiger partial charge is 0.278 e. The van der Waals surface area contributed by atoms with Gasteiger partial charge >= 0.3 is 0 Å². The van der Waals surface area contributed by atoms with Crippen molar-refractivity contribution in [2.75, 3.05) is 18.0 Å². The number of hydrogen-bond acceptors (Lipinski definition) is 7. The van der Waals surface area contributed by atoms with E-state index >= 15 is 0 Å². The SMILES string of the molecule is O=C(NCc1cccnc1)C1CCCN(c2nn3c(=O)c4c(nc3s2)CCCC4)C1. The number of fused-ring (bicyclic) bond motifs is 2. The van der Waals surface area contributed by atoms with Gasteiger partial charge in [0.25, 0.3) is 5.56 Å². The number of aryl methyl sites for hydroxylation is 1. The van der Waals surface area contributed by atoms with E-state index in [9.17, 15) is 9.59 Å². The minimum atomic E-state index is -0.0969. The van der Waals surface area contributed by atoms with Crippen LogP contribution in [0.3, 0.4) is 0 Å². The minimum Gasteiger partial charge on any atom is -0.352 e. The Morgan fingerprint density at radius 3 is 3.03 bits per heavy atom. The average molecular weight is 425 g/mol. The monoisotopic (exact) mass is 424 g/mol. The van der Waals surface area contributed by atoms with Crippen LogP contribution in [0.15, 0.2) is 29.3 Å². The van der Waals surface area contributed by atoms with Gasteiger partial charge in [0.05, 0.1) is 11.6 Å². The summed E-state index contributed by atoms with van der Waals surface area (Å²) in [7, 11) is 0. The van der Waals surface area contributed by atoms with Crippen LogP contribution in [0.4, 0.5) is 5.13 Å². The van der Waals surface area contributed by atoms with E-state index in [4.69, 9.17) is 4.98 Å². The lowest BCUT2D eigenvalue weighted by atomic mass is 9.97. The molecule has 156 valence electrons. The molecule has 0 bridgehead atoms. The highest BCUT2D eigenvalue weighted by Crippen LogP contribution is 2.28. The summed E-state index contributed by atoms with van der Waals surface area (Å²) in [5, 5.41) is 8.37. The van der Waals surface area contributed by atoms with E-state index in [1.54, 1.807) is 12.4 Å². The fraction of sp³-hybridized carbons (Fsp3) is 0.476. The molecule has 1 fully saturated rings. The van der Waals surface area contributed by atoms with Crippen molar-refractivity contribution in [2.24, 2.45) is 5.92 Å². The molecule has 9 heteroatoms. The van der Waals surface area contributed by atoms with Crippen molar-refractivity contribution < 1.29 is 4.79 Å². The molecule has 1 aliphatic heterocycles. The lowest BCUT2D eigenvalue weighted by Gasteiger charge is -2.31. The maximum atomic E-state index is 12.8. The summed E-state index contributed by atoms with van der Waals surface area (Å²) in [6.07, 6.45) is 9.04. The van der Waals surface area contributed by atoms with Crippen LogP contribution in [-0.2, 0) is 24.2 Å². The molecule has 5 rings (SSSR count). The molecular weight excluding hydrogens is 400 g/mol. The van der Waals surface area contributed by atoms with E-state index in [0.29, 0.717) is 18.1 Å². The highest BCUT2D eigenvalue weighted by atomic mass is 32.1. The molecule has 3 aromatic rings. The zero-order valence-corrected chi connectivity index (χ0v) is 17.5. The highest BCUT2D eigenvalue weighted by Gasteiger charge is 2.28.